The van der Waals surface area contributed by atoms with Gasteiger partial charge in [0, 0.05) is 12.8 Å². The van der Waals surface area contributed by atoms with Gasteiger partial charge in [-0.05, 0) is 63.9 Å². The number of nitrogens with zero attached hydrogens (tertiary/aromatic N) is 1. The number of quaternary nitrogens is 1. The highest BCUT2D eigenvalue weighted by molar-refractivity contribution is 7.47. The van der Waals surface area contributed by atoms with Crippen molar-refractivity contribution in [3.63, 3.8) is 0 Å². The summed E-state index contributed by atoms with van der Waals surface area (Å²) in [6.07, 6.45) is 75.8. The minimum atomic E-state index is -4.45. The highest BCUT2D eigenvalue weighted by Gasteiger charge is 2.30. The predicted molar refractivity (Wildman–Crippen MR) is 351 cm³/mol. The van der Waals surface area contributed by atoms with Crippen molar-refractivity contribution in [1.29, 1.82) is 0 Å². The quantitative estimate of drug-likeness (QED) is 0.0205. The first-order valence-corrected chi connectivity index (χ1v) is 36.8. The number of allylic oxidation sites excluding steroid dienone is 5. The van der Waals surface area contributed by atoms with Crippen LogP contribution in [0.2, 0.25) is 0 Å². The Labute approximate surface area is 504 Å². The lowest BCUT2D eigenvalue weighted by molar-refractivity contribution is -0.870. The standard InChI is InChI=1S/C71H137N2O7P/c1-7-10-13-16-19-22-25-28-30-32-33-34-35-36-37-38-39-40-41-42-44-46-49-52-55-58-61-64-71(75)80-69(62-59-56-53-50-47-27-24-21-18-15-12-9-3)68(67-79-81(76,77)78-66-65-73(4,5)6)72-70(74)63-60-57-54-51-48-45-43-31-29-26-23-20-17-14-11-8-2/h19,22,28,30,59,62,68-69H,7-18,20-21,23-27,29,31-58,60-61,63-67H2,1-6H3,(H-,72,74,76,77)/p+1/b22-19-,30-28-,62-59-. The number of unbranched alkanes of at least 4 members (excludes halogenated alkanes) is 45. The molecule has 3 atom stereocenters. The lowest BCUT2D eigenvalue weighted by Crippen LogP contribution is -2.47. The highest BCUT2D eigenvalue weighted by Crippen LogP contribution is 2.43. The molecule has 0 heterocycles. The van der Waals surface area contributed by atoms with E-state index in [1.54, 1.807) is 0 Å². The van der Waals surface area contributed by atoms with Gasteiger partial charge in [-0.2, -0.15) is 0 Å². The third-order valence-electron chi connectivity index (χ3n) is 16.1. The third-order valence-corrected chi connectivity index (χ3v) is 17.1. The summed E-state index contributed by atoms with van der Waals surface area (Å²) in [4.78, 5) is 37.8. The fraction of sp³-hybridized carbons (Fsp3) is 0.887. The van der Waals surface area contributed by atoms with Gasteiger partial charge in [0.25, 0.3) is 0 Å². The lowest BCUT2D eigenvalue weighted by Gasteiger charge is -2.27. The maximum absolute atomic E-state index is 13.6. The fourth-order valence-electron chi connectivity index (χ4n) is 10.6. The van der Waals surface area contributed by atoms with Gasteiger partial charge in [0.2, 0.25) is 5.91 Å². The second kappa shape index (κ2) is 61.3. The molecule has 3 unspecified atom stereocenters. The molecule has 478 valence electrons. The predicted octanol–water partition coefficient (Wildman–Crippen LogP) is 22.2. The molecule has 10 heteroatoms. The molecule has 0 radical (unpaired) electrons. The van der Waals surface area contributed by atoms with Crippen LogP contribution in [0.1, 0.15) is 355 Å². The molecule has 0 rings (SSSR count). The van der Waals surface area contributed by atoms with E-state index in [0.717, 1.165) is 64.2 Å². The maximum atomic E-state index is 13.6. The van der Waals surface area contributed by atoms with Crippen LogP contribution in [0.15, 0.2) is 36.5 Å². The van der Waals surface area contributed by atoms with E-state index in [9.17, 15) is 19.0 Å². The summed E-state index contributed by atoms with van der Waals surface area (Å²) >= 11 is 0. The minimum absolute atomic E-state index is 0.0439. The monoisotopic (exact) mass is 1160 g/mol. The van der Waals surface area contributed by atoms with Gasteiger partial charge in [-0.25, -0.2) is 4.57 Å². The molecule has 1 amide bonds. The highest BCUT2D eigenvalue weighted by atomic mass is 31.2. The number of carbonyl (C=O) groups excluding carboxylic acids is 2. The average molecular weight is 1160 g/mol. The number of carbonyl (C=O) groups is 2. The molecule has 0 aromatic rings. The van der Waals surface area contributed by atoms with Gasteiger partial charge in [-0.3, -0.25) is 18.6 Å². The zero-order chi connectivity index (χ0) is 59.3. The number of ether oxygens (including phenoxy) is 1. The molecule has 9 nitrogen and oxygen atoms in total. The molecule has 81 heavy (non-hydrogen) atoms. The van der Waals surface area contributed by atoms with Crippen LogP contribution in [0.5, 0.6) is 0 Å². The van der Waals surface area contributed by atoms with Crippen LogP contribution in [0.4, 0.5) is 0 Å². The number of hydrogen-bond acceptors (Lipinski definition) is 6. The number of nitrogens with one attached hydrogen (secondary N) is 1. The number of rotatable bonds is 65. The van der Waals surface area contributed by atoms with Gasteiger partial charge in [0.05, 0.1) is 33.8 Å². The van der Waals surface area contributed by atoms with Gasteiger partial charge in [0.15, 0.2) is 0 Å². The van der Waals surface area contributed by atoms with E-state index in [1.165, 1.54) is 257 Å². The summed E-state index contributed by atoms with van der Waals surface area (Å²) in [7, 11) is 1.52. The van der Waals surface area contributed by atoms with Crippen molar-refractivity contribution in [3.05, 3.63) is 36.5 Å². The van der Waals surface area contributed by atoms with Crippen molar-refractivity contribution in [2.24, 2.45) is 0 Å². The van der Waals surface area contributed by atoms with Gasteiger partial charge >= 0.3 is 13.8 Å². The van der Waals surface area contributed by atoms with E-state index in [2.05, 4.69) is 50.4 Å². The van der Waals surface area contributed by atoms with E-state index in [-0.39, 0.29) is 25.1 Å². The van der Waals surface area contributed by atoms with Crippen molar-refractivity contribution in [2.45, 2.75) is 367 Å². The fourth-order valence-corrected chi connectivity index (χ4v) is 11.4. The van der Waals surface area contributed by atoms with Crippen LogP contribution in [-0.4, -0.2) is 74.3 Å². The molecular formula is C71H138N2O7P+. The number of hydrogen-bond donors (Lipinski definition) is 2. The Bertz CT molecular complexity index is 1480. The van der Waals surface area contributed by atoms with Gasteiger partial charge in [0.1, 0.15) is 19.3 Å². The molecule has 0 fully saturated rings. The first-order valence-electron chi connectivity index (χ1n) is 35.3. The molecule has 0 saturated heterocycles. The van der Waals surface area contributed by atoms with E-state index >= 15 is 0 Å². The Morgan fingerprint density at radius 2 is 0.753 bits per heavy atom. The van der Waals surface area contributed by atoms with Crippen LogP contribution >= 0.6 is 7.82 Å². The summed E-state index contributed by atoms with van der Waals surface area (Å²) in [6, 6.07) is -0.843. The Balaban J connectivity index is 4.97. The SMILES string of the molecule is CCCCC/C=C\C/C=C\CCCCCCCCCCCCCCCCCCCC(=O)OC(/C=C\CCCCCCCCCCCC)C(COP(=O)(O)OCC[N+](C)(C)C)NC(=O)CCCCCCCCCCCCCCCCCC. The molecule has 0 saturated carbocycles. The molecule has 0 aliphatic heterocycles. The van der Waals surface area contributed by atoms with E-state index < -0.39 is 20.0 Å². The van der Waals surface area contributed by atoms with Crippen LogP contribution in [0.3, 0.4) is 0 Å². The van der Waals surface area contributed by atoms with Gasteiger partial charge < -0.3 is 19.4 Å². The van der Waals surface area contributed by atoms with E-state index in [0.29, 0.717) is 23.9 Å². The first kappa shape index (κ1) is 79.2. The summed E-state index contributed by atoms with van der Waals surface area (Å²) < 4.78 is 30.8. The summed E-state index contributed by atoms with van der Waals surface area (Å²) in [5.41, 5.74) is 0. The molecule has 0 bridgehead atoms. The van der Waals surface area contributed by atoms with Crippen molar-refractivity contribution in [1.82, 2.24) is 5.32 Å². The van der Waals surface area contributed by atoms with E-state index in [1.807, 2.05) is 33.3 Å². The van der Waals surface area contributed by atoms with Crippen LogP contribution in [-0.2, 0) is 27.9 Å². The first-order chi connectivity index (χ1) is 39.4. The zero-order valence-corrected chi connectivity index (χ0v) is 55.7. The number of phosphoric acid groups is 1. The molecule has 0 aromatic heterocycles. The second-order valence-corrected chi connectivity index (χ2v) is 26.9. The molecule has 0 aromatic carbocycles. The Morgan fingerprint density at radius 3 is 1.14 bits per heavy atom. The minimum Gasteiger partial charge on any atom is -0.456 e. The van der Waals surface area contributed by atoms with Gasteiger partial charge in [-0.1, -0.05) is 314 Å². The van der Waals surface area contributed by atoms with Crippen LogP contribution in [0, 0.1) is 0 Å². The summed E-state index contributed by atoms with van der Waals surface area (Å²) in [5, 5.41) is 3.07. The number of likely N-dealkylation sites (N-methyl/N-ethyl adjacent to an activating group) is 1. The zero-order valence-electron chi connectivity index (χ0n) is 54.8. The van der Waals surface area contributed by atoms with Crippen molar-refractivity contribution in [3.8, 4) is 0 Å². The van der Waals surface area contributed by atoms with Crippen molar-refractivity contribution < 1.29 is 37.3 Å². The molecule has 2 N–H and O–H groups in total. The summed E-state index contributed by atoms with van der Waals surface area (Å²) in [6.45, 7) is 7.04. The van der Waals surface area contributed by atoms with Crippen molar-refractivity contribution >= 4 is 19.7 Å². The van der Waals surface area contributed by atoms with Gasteiger partial charge in [-0.15, -0.1) is 0 Å². The average Bonchev–Trinajstić information content (AvgIpc) is 3.44. The Morgan fingerprint density at radius 1 is 0.432 bits per heavy atom. The Hall–Kier alpha value is -1.77. The largest absolute Gasteiger partial charge is 0.472 e. The molecule has 0 aliphatic carbocycles. The lowest BCUT2D eigenvalue weighted by atomic mass is 10.0. The molecular weight excluding hydrogens is 1020 g/mol. The molecule has 0 aliphatic rings. The number of esters is 1. The smallest absolute Gasteiger partial charge is 0.456 e. The van der Waals surface area contributed by atoms with Crippen LogP contribution in [0.25, 0.3) is 0 Å². The van der Waals surface area contributed by atoms with Crippen molar-refractivity contribution in [2.75, 3.05) is 40.9 Å². The normalized spacial score (nSPS) is 13.7. The number of phosphoric ester groups is 1. The maximum Gasteiger partial charge on any atom is 0.472 e. The summed E-state index contributed by atoms with van der Waals surface area (Å²) in [5.74, 6) is -0.484. The second-order valence-electron chi connectivity index (χ2n) is 25.4. The Kier molecular flexibility index (Phi) is 60.0. The number of amides is 1. The van der Waals surface area contributed by atoms with E-state index in [4.69, 9.17) is 13.8 Å². The topological polar surface area (TPSA) is 111 Å². The van der Waals surface area contributed by atoms with Crippen LogP contribution < -0.4 is 5.32 Å². The third kappa shape index (κ3) is 62.6. The molecule has 0 spiro atoms.